The fraction of sp³-hybridized carbons (Fsp3) is 1.00. The maximum atomic E-state index is 9.76. The molecule has 0 radical (unpaired) electrons. The van der Waals surface area contributed by atoms with Crippen LogP contribution in [0, 0.1) is 5.92 Å². The van der Waals surface area contributed by atoms with Crippen LogP contribution in [0.4, 0.5) is 0 Å². The average molecular weight is 213 g/mol. The first-order valence-electron chi connectivity index (χ1n) is 6.29. The van der Waals surface area contributed by atoms with Crippen LogP contribution in [0.2, 0.25) is 0 Å². The second-order valence-corrected chi connectivity index (χ2v) is 5.79. The van der Waals surface area contributed by atoms with Gasteiger partial charge in [0.1, 0.15) is 0 Å². The van der Waals surface area contributed by atoms with Gasteiger partial charge in [-0.25, -0.2) is 0 Å². The number of aliphatic hydroxyl groups excluding tert-OH is 1. The Labute approximate surface area is 94.7 Å². The zero-order chi connectivity index (χ0) is 11.6. The minimum Gasteiger partial charge on any atom is -0.393 e. The Bertz CT molecular complexity index is 203. The van der Waals surface area contributed by atoms with Crippen LogP contribution in [0.5, 0.6) is 0 Å². The van der Waals surface area contributed by atoms with Gasteiger partial charge in [0.15, 0.2) is 0 Å². The van der Waals surface area contributed by atoms with E-state index in [1.807, 2.05) is 0 Å². The van der Waals surface area contributed by atoms with Crippen molar-refractivity contribution in [2.75, 3.05) is 7.05 Å². The highest BCUT2D eigenvalue weighted by molar-refractivity contribution is 4.89. The van der Waals surface area contributed by atoms with Crippen LogP contribution >= 0.6 is 0 Å². The van der Waals surface area contributed by atoms with Gasteiger partial charge in [-0.2, -0.15) is 0 Å². The van der Waals surface area contributed by atoms with Crippen molar-refractivity contribution in [1.82, 2.24) is 4.90 Å². The third-order valence-corrected chi connectivity index (χ3v) is 4.44. The molecule has 0 saturated heterocycles. The average Bonchev–Trinajstić information content (AvgIpc) is 2.20. The third-order valence-electron chi connectivity index (χ3n) is 4.44. The second-order valence-electron chi connectivity index (χ2n) is 5.79. The molecule has 3 unspecified atom stereocenters. The van der Waals surface area contributed by atoms with Gasteiger partial charge in [-0.3, -0.25) is 4.90 Å². The summed E-state index contributed by atoms with van der Waals surface area (Å²) in [5.74, 6) is 0.712. The van der Waals surface area contributed by atoms with Gasteiger partial charge in [0.2, 0.25) is 0 Å². The Morgan fingerprint density at radius 2 is 1.93 bits per heavy atom. The molecule has 0 bridgehead atoms. The molecule has 0 heterocycles. The Hall–Kier alpha value is -0.0800. The maximum absolute atomic E-state index is 9.76. The van der Waals surface area contributed by atoms with Gasteiger partial charge >= 0.3 is 0 Å². The smallest absolute Gasteiger partial charge is 0.0555 e. The highest BCUT2D eigenvalue weighted by atomic mass is 16.3. The molecule has 3 atom stereocenters. The molecule has 15 heavy (non-hydrogen) atoms. The fourth-order valence-electron chi connectivity index (χ4n) is 2.51. The zero-order valence-corrected chi connectivity index (χ0v) is 11.0. The minimum atomic E-state index is -0.0821. The van der Waals surface area contributed by atoms with E-state index in [2.05, 4.69) is 39.6 Å². The van der Waals surface area contributed by atoms with E-state index < -0.39 is 0 Å². The second kappa shape index (κ2) is 4.84. The summed E-state index contributed by atoms with van der Waals surface area (Å²) in [5.41, 5.74) is 0.246. The summed E-state index contributed by atoms with van der Waals surface area (Å²) in [6.45, 7) is 9.14. The molecule has 0 amide bonds. The predicted molar refractivity (Wildman–Crippen MR) is 64.9 cm³/mol. The quantitative estimate of drug-likeness (QED) is 0.779. The number of hydrogen-bond acceptors (Lipinski definition) is 2. The standard InChI is InChI=1S/C13H27NO/c1-6-13(3,4)14(5)12-9-11(15)8-7-10(12)2/h10-12,15H,6-9H2,1-5H3. The lowest BCUT2D eigenvalue weighted by Crippen LogP contribution is -2.52. The van der Waals surface area contributed by atoms with Gasteiger partial charge in [-0.15, -0.1) is 0 Å². The number of rotatable bonds is 3. The van der Waals surface area contributed by atoms with Gasteiger partial charge in [0.25, 0.3) is 0 Å². The first-order valence-corrected chi connectivity index (χ1v) is 6.29. The zero-order valence-electron chi connectivity index (χ0n) is 11.0. The largest absolute Gasteiger partial charge is 0.393 e. The highest BCUT2D eigenvalue weighted by Crippen LogP contribution is 2.32. The third kappa shape index (κ3) is 2.94. The van der Waals surface area contributed by atoms with Gasteiger partial charge in [-0.1, -0.05) is 13.8 Å². The highest BCUT2D eigenvalue weighted by Gasteiger charge is 2.35. The Balaban J connectivity index is 2.68. The van der Waals surface area contributed by atoms with Crippen molar-refractivity contribution >= 4 is 0 Å². The SMILES string of the molecule is CCC(C)(C)N(C)C1CC(O)CCC1C. The van der Waals surface area contributed by atoms with Crippen LogP contribution in [0.15, 0.2) is 0 Å². The maximum Gasteiger partial charge on any atom is 0.0555 e. The van der Waals surface area contributed by atoms with E-state index in [1.54, 1.807) is 0 Å². The van der Waals surface area contributed by atoms with Crippen LogP contribution < -0.4 is 0 Å². The molecule has 2 nitrogen and oxygen atoms in total. The van der Waals surface area contributed by atoms with E-state index in [-0.39, 0.29) is 11.6 Å². The number of aliphatic hydroxyl groups is 1. The normalized spacial score (nSPS) is 33.4. The van der Waals surface area contributed by atoms with Gasteiger partial charge in [-0.05, 0) is 52.5 Å². The van der Waals surface area contributed by atoms with E-state index in [4.69, 9.17) is 0 Å². The molecular formula is C13H27NO. The monoisotopic (exact) mass is 213 g/mol. The van der Waals surface area contributed by atoms with E-state index in [0.29, 0.717) is 12.0 Å². The van der Waals surface area contributed by atoms with Crippen molar-refractivity contribution < 1.29 is 5.11 Å². The minimum absolute atomic E-state index is 0.0821. The molecule has 0 aliphatic heterocycles. The lowest BCUT2D eigenvalue weighted by Gasteiger charge is -2.46. The summed E-state index contributed by atoms with van der Waals surface area (Å²) >= 11 is 0. The topological polar surface area (TPSA) is 23.5 Å². The molecule has 90 valence electrons. The molecule has 2 heteroatoms. The molecule has 0 aromatic carbocycles. The summed E-state index contributed by atoms with van der Waals surface area (Å²) in [6, 6.07) is 0.545. The van der Waals surface area contributed by atoms with Crippen molar-refractivity contribution in [3.8, 4) is 0 Å². The molecule has 1 N–H and O–H groups in total. The first-order chi connectivity index (χ1) is 6.88. The van der Waals surface area contributed by atoms with E-state index in [9.17, 15) is 5.11 Å². The van der Waals surface area contributed by atoms with Gasteiger partial charge in [0, 0.05) is 11.6 Å². The van der Waals surface area contributed by atoms with E-state index in [0.717, 1.165) is 25.7 Å². The molecule has 0 aromatic rings. The fourth-order valence-corrected chi connectivity index (χ4v) is 2.51. The molecule has 1 fully saturated rings. The first kappa shape index (κ1) is 13.0. The lowest BCUT2D eigenvalue weighted by atomic mass is 9.81. The molecule has 0 aromatic heterocycles. The number of hydrogen-bond donors (Lipinski definition) is 1. The molecule has 1 aliphatic rings. The Kier molecular flexibility index (Phi) is 4.19. The number of nitrogens with zero attached hydrogens (tertiary/aromatic N) is 1. The van der Waals surface area contributed by atoms with Crippen LogP contribution in [0.1, 0.15) is 53.4 Å². The van der Waals surface area contributed by atoms with Crippen LogP contribution in [0.25, 0.3) is 0 Å². The summed E-state index contributed by atoms with van der Waals surface area (Å²) < 4.78 is 0. The predicted octanol–water partition coefficient (Wildman–Crippen LogP) is 2.66. The molecule has 1 aliphatic carbocycles. The summed E-state index contributed by atoms with van der Waals surface area (Å²) in [7, 11) is 2.21. The van der Waals surface area contributed by atoms with Crippen molar-refractivity contribution in [1.29, 1.82) is 0 Å². The van der Waals surface area contributed by atoms with Crippen molar-refractivity contribution in [2.24, 2.45) is 5.92 Å². The lowest BCUT2D eigenvalue weighted by molar-refractivity contribution is -0.000810. The molecular weight excluding hydrogens is 186 g/mol. The molecule has 1 rings (SSSR count). The molecule has 1 saturated carbocycles. The summed E-state index contributed by atoms with van der Waals surface area (Å²) in [5, 5.41) is 9.76. The van der Waals surface area contributed by atoms with E-state index >= 15 is 0 Å². The van der Waals surface area contributed by atoms with E-state index in [1.165, 1.54) is 0 Å². The van der Waals surface area contributed by atoms with Gasteiger partial charge in [0.05, 0.1) is 6.10 Å². The molecule has 0 spiro atoms. The Morgan fingerprint density at radius 1 is 1.33 bits per heavy atom. The summed E-state index contributed by atoms with van der Waals surface area (Å²) in [6.07, 6.45) is 4.17. The summed E-state index contributed by atoms with van der Waals surface area (Å²) in [4.78, 5) is 2.47. The van der Waals surface area contributed by atoms with Crippen molar-refractivity contribution in [2.45, 2.75) is 71.1 Å². The van der Waals surface area contributed by atoms with Gasteiger partial charge < -0.3 is 5.11 Å². The van der Waals surface area contributed by atoms with Crippen LogP contribution in [-0.2, 0) is 0 Å². The Morgan fingerprint density at radius 3 is 2.47 bits per heavy atom. The van der Waals surface area contributed by atoms with Crippen LogP contribution in [-0.4, -0.2) is 34.7 Å². The van der Waals surface area contributed by atoms with Crippen molar-refractivity contribution in [3.63, 3.8) is 0 Å². The van der Waals surface area contributed by atoms with Crippen LogP contribution in [0.3, 0.4) is 0 Å². The van der Waals surface area contributed by atoms with Crippen molar-refractivity contribution in [3.05, 3.63) is 0 Å².